The molecule has 2 rings (SSSR count). The second-order valence-corrected chi connectivity index (χ2v) is 6.59. The topological polar surface area (TPSA) is 26.7 Å². The van der Waals surface area contributed by atoms with Gasteiger partial charge in [0.2, 0.25) is 0 Å². The number of rotatable bonds is 6. The van der Waals surface area contributed by atoms with Gasteiger partial charge in [0.05, 0.1) is 0 Å². The molecule has 3 nitrogen and oxygen atoms in total. The highest BCUT2D eigenvalue weighted by molar-refractivity contribution is 4.80. The number of nitrogens with zero attached hydrogens (tertiary/aromatic N) is 2. The van der Waals surface area contributed by atoms with Crippen LogP contribution < -0.4 is 0 Å². The lowest BCUT2D eigenvalue weighted by molar-refractivity contribution is 0.104. The van der Waals surface area contributed by atoms with Crippen molar-refractivity contribution >= 4 is 0 Å². The molecule has 112 valence electrons. The van der Waals surface area contributed by atoms with Crippen LogP contribution in [-0.2, 0) is 0 Å². The van der Waals surface area contributed by atoms with Crippen LogP contribution in [-0.4, -0.2) is 60.8 Å². The third-order valence-corrected chi connectivity index (χ3v) is 5.09. The fourth-order valence-corrected chi connectivity index (χ4v) is 3.78. The number of likely N-dealkylation sites (tertiary alicyclic amines) is 1. The molecule has 0 unspecified atom stereocenters. The van der Waals surface area contributed by atoms with Gasteiger partial charge in [-0.2, -0.15) is 0 Å². The van der Waals surface area contributed by atoms with Gasteiger partial charge in [-0.1, -0.05) is 19.3 Å². The Morgan fingerprint density at radius 2 is 1.74 bits per heavy atom. The molecular weight excluding hydrogens is 236 g/mol. The second-order valence-electron chi connectivity index (χ2n) is 6.59. The Hall–Kier alpha value is -0.120. The molecule has 0 radical (unpaired) electrons. The van der Waals surface area contributed by atoms with E-state index in [0.717, 1.165) is 24.9 Å². The monoisotopic (exact) mass is 268 g/mol. The predicted molar refractivity (Wildman–Crippen MR) is 80.4 cm³/mol. The van der Waals surface area contributed by atoms with Crippen molar-refractivity contribution in [3.05, 3.63) is 0 Å². The lowest BCUT2D eigenvalue weighted by atomic mass is 9.88. The molecule has 1 saturated carbocycles. The van der Waals surface area contributed by atoms with Gasteiger partial charge >= 0.3 is 0 Å². The molecule has 0 spiro atoms. The molecule has 19 heavy (non-hydrogen) atoms. The molecule has 0 atom stereocenters. The van der Waals surface area contributed by atoms with Crippen molar-refractivity contribution in [2.24, 2.45) is 5.92 Å². The van der Waals surface area contributed by atoms with E-state index in [1.165, 1.54) is 64.6 Å². The standard InChI is InChI=1S/C16H32N2O/c1-17(10-5-13-19)16-8-11-18(12-9-16)14-15-6-3-2-4-7-15/h15-16,19H,2-14H2,1H3. The first kappa shape index (κ1) is 15.3. The van der Waals surface area contributed by atoms with Gasteiger partial charge in [0.1, 0.15) is 0 Å². The molecule has 2 fully saturated rings. The summed E-state index contributed by atoms with van der Waals surface area (Å²) >= 11 is 0. The van der Waals surface area contributed by atoms with Crippen molar-refractivity contribution in [1.82, 2.24) is 9.80 Å². The lowest BCUT2D eigenvalue weighted by Crippen LogP contribution is -2.45. The van der Waals surface area contributed by atoms with Crippen LogP contribution in [0.3, 0.4) is 0 Å². The average molecular weight is 268 g/mol. The van der Waals surface area contributed by atoms with Gasteiger partial charge in [-0.3, -0.25) is 0 Å². The molecule has 1 aliphatic carbocycles. The third kappa shape index (κ3) is 5.05. The van der Waals surface area contributed by atoms with E-state index < -0.39 is 0 Å². The predicted octanol–water partition coefficient (Wildman–Crippen LogP) is 2.35. The fourth-order valence-electron chi connectivity index (χ4n) is 3.78. The molecule has 2 aliphatic rings. The summed E-state index contributed by atoms with van der Waals surface area (Å²) < 4.78 is 0. The van der Waals surface area contributed by atoms with Crippen molar-refractivity contribution in [2.75, 3.05) is 39.8 Å². The highest BCUT2D eigenvalue weighted by atomic mass is 16.3. The minimum absolute atomic E-state index is 0.324. The van der Waals surface area contributed by atoms with Gasteiger partial charge in [0, 0.05) is 25.7 Å². The second kappa shape index (κ2) is 8.23. The number of hydrogen-bond acceptors (Lipinski definition) is 3. The van der Waals surface area contributed by atoms with E-state index >= 15 is 0 Å². The van der Waals surface area contributed by atoms with Crippen LogP contribution in [0.15, 0.2) is 0 Å². The molecule has 0 aromatic rings. The molecule has 0 aromatic carbocycles. The fraction of sp³-hybridized carbons (Fsp3) is 1.00. The number of aliphatic hydroxyl groups is 1. The van der Waals surface area contributed by atoms with Crippen LogP contribution in [0.25, 0.3) is 0 Å². The number of aliphatic hydroxyl groups excluding tert-OH is 1. The summed E-state index contributed by atoms with van der Waals surface area (Å²) in [4.78, 5) is 5.15. The molecule has 1 N–H and O–H groups in total. The molecule has 1 saturated heterocycles. The molecule has 0 aromatic heterocycles. The summed E-state index contributed by atoms with van der Waals surface area (Å²) in [6.45, 7) is 5.29. The quantitative estimate of drug-likeness (QED) is 0.801. The zero-order chi connectivity index (χ0) is 13.5. The van der Waals surface area contributed by atoms with Gasteiger partial charge in [-0.15, -0.1) is 0 Å². The van der Waals surface area contributed by atoms with E-state index in [0.29, 0.717) is 6.61 Å². The maximum Gasteiger partial charge on any atom is 0.0443 e. The zero-order valence-electron chi connectivity index (χ0n) is 12.7. The van der Waals surface area contributed by atoms with E-state index in [9.17, 15) is 0 Å². The Morgan fingerprint density at radius 3 is 2.37 bits per heavy atom. The van der Waals surface area contributed by atoms with Crippen molar-refractivity contribution in [1.29, 1.82) is 0 Å². The van der Waals surface area contributed by atoms with Crippen LogP contribution in [0.5, 0.6) is 0 Å². The van der Waals surface area contributed by atoms with Crippen molar-refractivity contribution in [3.63, 3.8) is 0 Å². The van der Waals surface area contributed by atoms with Crippen LogP contribution >= 0.6 is 0 Å². The third-order valence-electron chi connectivity index (χ3n) is 5.09. The van der Waals surface area contributed by atoms with Gasteiger partial charge in [-0.25, -0.2) is 0 Å². The van der Waals surface area contributed by atoms with Gasteiger partial charge in [0.15, 0.2) is 0 Å². The Morgan fingerprint density at radius 1 is 1.05 bits per heavy atom. The highest BCUT2D eigenvalue weighted by Gasteiger charge is 2.24. The smallest absolute Gasteiger partial charge is 0.0443 e. The first-order chi connectivity index (χ1) is 9.29. The maximum atomic E-state index is 8.90. The lowest BCUT2D eigenvalue weighted by Gasteiger charge is -2.38. The Bertz CT molecular complexity index is 233. The number of piperidine rings is 1. The summed E-state index contributed by atoms with van der Waals surface area (Å²) in [7, 11) is 2.22. The van der Waals surface area contributed by atoms with Gasteiger partial charge in [0.25, 0.3) is 0 Å². The minimum Gasteiger partial charge on any atom is -0.396 e. The van der Waals surface area contributed by atoms with Crippen molar-refractivity contribution < 1.29 is 5.11 Å². The summed E-state index contributed by atoms with van der Waals surface area (Å²) in [5.41, 5.74) is 0. The summed E-state index contributed by atoms with van der Waals surface area (Å²) in [6, 6.07) is 0.745. The Labute approximate surface area is 119 Å². The molecule has 1 aliphatic heterocycles. The highest BCUT2D eigenvalue weighted by Crippen LogP contribution is 2.26. The molecule has 0 bridgehead atoms. The molecular formula is C16H32N2O. The summed E-state index contributed by atoms with van der Waals surface area (Å²) in [5.74, 6) is 0.984. The first-order valence-corrected chi connectivity index (χ1v) is 8.33. The first-order valence-electron chi connectivity index (χ1n) is 8.33. The summed E-state index contributed by atoms with van der Waals surface area (Å²) in [6.07, 6.45) is 10.9. The van der Waals surface area contributed by atoms with E-state index in [4.69, 9.17) is 5.11 Å². The van der Waals surface area contributed by atoms with Crippen molar-refractivity contribution in [3.8, 4) is 0 Å². The molecule has 0 amide bonds. The van der Waals surface area contributed by atoms with Crippen LogP contribution in [0.1, 0.15) is 51.4 Å². The van der Waals surface area contributed by atoms with Gasteiger partial charge < -0.3 is 14.9 Å². The Kier molecular flexibility index (Phi) is 6.62. The van der Waals surface area contributed by atoms with E-state index in [1.54, 1.807) is 0 Å². The van der Waals surface area contributed by atoms with Crippen LogP contribution in [0, 0.1) is 5.92 Å². The van der Waals surface area contributed by atoms with E-state index in [-0.39, 0.29) is 0 Å². The van der Waals surface area contributed by atoms with Gasteiger partial charge in [-0.05, 0) is 58.2 Å². The minimum atomic E-state index is 0.324. The average Bonchev–Trinajstić information content (AvgIpc) is 2.46. The van der Waals surface area contributed by atoms with E-state index in [1.807, 2.05) is 0 Å². The largest absolute Gasteiger partial charge is 0.396 e. The van der Waals surface area contributed by atoms with E-state index in [2.05, 4.69) is 16.8 Å². The van der Waals surface area contributed by atoms with Crippen molar-refractivity contribution in [2.45, 2.75) is 57.4 Å². The molecule has 1 heterocycles. The normalized spacial score (nSPS) is 24.2. The number of hydrogen-bond donors (Lipinski definition) is 1. The Balaban J connectivity index is 1.64. The van der Waals surface area contributed by atoms with Crippen LogP contribution in [0.2, 0.25) is 0 Å². The molecule has 3 heteroatoms. The zero-order valence-corrected chi connectivity index (χ0v) is 12.7. The SMILES string of the molecule is CN(CCCO)C1CCN(CC2CCCCC2)CC1. The summed E-state index contributed by atoms with van der Waals surface area (Å²) in [5, 5.41) is 8.90. The van der Waals surface area contributed by atoms with Crippen LogP contribution in [0.4, 0.5) is 0 Å². The maximum absolute atomic E-state index is 8.90.